The molecule has 2 aromatic rings. The molecule has 2 rings (SSSR count). The van der Waals surface area contributed by atoms with Gasteiger partial charge in [-0.2, -0.15) is 0 Å². The van der Waals surface area contributed by atoms with Crippen molar-refractivity contribution in [2.45, 2.75) is 4.90 Å². The first-order chi connectivity index (χ1) is 8.88. The van der Waals surface area contributed by atoms with E-state index < -0.39 is 10.0 Å². The van der Waals surface area contributed by atoms with Gasteiger partial charge in [0.1, 0.15) is 0 Å². The van der Waals surface area contributed by atoms with E-state index in [1.165, 1.54) is 24.3 Å². The highest BCUT2D eigenvalue weighted by molar-refractivity contribution is 9.10. The van der Waals surface area contributed by atoms with Crippen LogP contribution in [0.1, 0.15) is 0 Å². The SMILES string of the molecule is Nc1ccc(S(=O)(=O)Nc2ccc(Cl)c(Br)c2)cc1. The first kappa shape index (κ1) is 14.2. The summed E-state index contributed by atoms with van der Waals surface area (Å²) < 4.78 is 27.3. The zero-order valence-corrected chi connectivity index (χ0v) is 12.8. The fraction of sp³-hybridized carbons (Fsp3) is 0. The lowest BCUT2D eigenvalue weighted by Gasteiger charge is -2.09. The summed E-state index contributed by atoms with van der Waals surface area (Å²) in [6.45, 7) is 0. The van der Waals surface area contributed by atoms with Crippen LogP contribution in [0.25, 0.3) is 0 Å². The molecule has 100 valence electrons. The summed E-state index contributed by atoms with van der Waals surface area (Å²) in [6, 6.07) is 10.7. The predicted octanol–water partition coefficient (Wildman–Crippen LogP) is 3.49. The van der Waals surface area contributed by atoms with Crippen molar-refractivity contribution in [3.8, 4) is 0 Å². The largest absolute Gasteiger partial charge is 0.399 e. The topological polar surface area (TPSA) is 72.2 Å². The normalized spacial score (nSPS) is 11.3. The van der Waals surface area contributed by atoms with E-state index >= 15 is 0 Å². The van der Waals surface area contributed by atoms with Gasteiger partial charge in [-0.05, 0) is 58.4 Å². The van der Waals surface area contributed by atoms with E-state index in [9.17, 15) is 8.42 Å². The Bertz CT molecular complexity index is 702. The second kappa shape index (κ2) is 5.40. The van der Waals surface area contributed by atoms with Crippen LogP contribution < -0.4 is 10.5 Å². The third-order valence-corrected chi connectivity index (χ3v) is 4.97. The number of rotatable bonds is 3. The van der Waals surface area contributed by atoms with E-state index in [-0.39, 0.29) is 4.90 Å². The minimum absolute atomic E-state index is 0.146. The molecule has 0 heterocycles. The average Bonchev–Trinajstić information content (AvgIpc) is 2.34. The third kappa shape index (κ3) is 3.40. The highest BCUT2D eigenvalue weighted by atomic mass is 79.9. The number of halogens is 2. The number of nitrogens with two attached hydrogens (primary N) is 1. The second-order valence-corrected chi connectivity index (χ2v) is 6.75. The van der Waals surface area contributed by atoms with Crippen LogP contribution in [0, 0.1) is 0 Å². The maximum atomic E-state index is 12.1. The minimum atomic E-state index is -3.63. The zero-order valence-electron chi connectivity index (χ0n) is 9.60. The van der Waals surface area contributed by atoms with E-state index in [1.54, 1.807) is 18.2 Å². The van der Waals surface area contributed by atoms with Crippen LogP contribution >= 0.6 is 27.5 Å². The van der Waals surface area contributed by atoms with Crippen LogP contribution in [-0.2, 0) is 10.0 Å². The Morgan fingerprint density at radius 1 is 1.11 bits per heavy atom. The number of hydrogen-bond donors (Lipinski definition) is 2. The lowest BCUT2D eigenvalue weighted by Crippen LogP contribution is -2.12. The van der Waals surface area contributed by atoms with Crippen molar-refractivity contribution in [2.75, 3.05) is 10.5 Å². The molecule has 3 N–H and O–H groups in total. The number of hydrogen-bond acceptors (Lipinski definition) is 3. The Hall–Kier alpha value is -1.24. The van der Waals surface area contributed by atoms with E-state index in [0.717, 1.165) is 0 Å². The van der Waals surface area contributed by atoms with Crippen molar-refractivity contribution in [2.24, 2.45) is 0 Å². The lowest BCUT2D eigenvalue weighted by molar-refractivity contribution is 0.601. The summed E-state index contributed by atoms with van der Waals surface area (Å²) in [5.41, 5.74) is 6.45. The molecule has 0 aliphatic rings. The van der Waals surface area contributed by atoms with E-state index in [4.69, 9.17) is 17.3 Å². The molecule has 7 heteroatoms. The van der Waals surface area contributed by atoms with Gasteiger partial charge in [0.2, 0.25) is 0 Å². The summed E-state index contributed by atoms with van der Waals surface area (Å²) in [6.07, 6.45) is 0. The lowest BCUT2D eigenvalue weighted by atomic mass is 10.3. The molecule has 0 aromatic heterocycles. The van der Waals surface area contributed by atoms with Gasteiger partial charge in [-0.15, -0.1) is 0 Å². The Labute approximate surface area is 124 Å². The Kier molecular flexibility index (Phi) is 4.03. The molecule has 0 bridgehead atoms. The summed E-state index contributed by atoms with van der Waals surface area (Å²) in [7, 11) is -3.63. The third-order valence-electron chi connectivity index (χ3n) is 2.36. The Morgan fingerprint density at radius 3 is 2.32 bits per heavy atom. The van der Waals surface area contributed by atoms with Gasteiger partial charge in [-0.25, -0.2) is 8.42 Å². The maximum Gasteiger partial charge on any atom is 0.261 e. The molecule has 0 saturated heterocycles. The van der Waals surface area contributed by atoms with Crippen LogP contribution in [0.4, 0.5) is 11.4 Å². The van der Waals surface area contributed by atoms with Gasteiger partial charge in [0.15, 0.2) is 0 Å². The van der Waals surface area contributed by atoms with E-state index in [0.29, 0.717) is 20.9 Å². The molecule has 0 spiro atoms. The molecular weight excluding hydrogens is 352 g/mol. The zero-order chi connectivity index (χ0) is 14.0. The summed E-state index contributed by atoms with van der Waals surface area (Å²) in [5, 5.41) is 0.510. The minimum Gasteiger partial charge on any atom is -0.399 e. The van der Waals surface area contributed by atoms with Crippen molar-refractivity contribution in [3.63, 3.8) is 0 Å². The first-order valence-electron chi connectivity index (χ1n) is 5.22. The maximum absolute atomic E-state index is 12.1. The Morgan fingerprint density at radius 2 is 1.74 bits per heavy atom. The standard InChI is InChI=1S/C12H10BrClN2O2S/c13-11-7-9(3-6-12(11)14)16-19(17,18)10-4-1-8(15)2-5-10/h1-7,16H,15H2. The molecule has 0 fully saturated rings. The number of benzene rings is 2. The predicted molar refractivity (Wildman–Crippen MR) is 80.8 cm³/mol. The summed E-state index contributed by atoms with van der Waals surface area (Å²) >= 11 is 9.08. The van der Waals surface area contributed by atoms with Crippen molar-refractivity contribution in [1.82, 2.24) is 0 Å². The molecule has 0 aliphatic heterocycles. The molecule has 0 radical (unpaired) electrons. The van der Waals surface area contributed by atoms with E-state index in [1.807, 2.05) is 0 Å². The number of sulfonamides is 1. The molecule has 0 atom stereocenters. The molecule has 0 amide bonds. The van der Waals surface area contributed by atoms with Crippen molar-refractivity contribution in [1.29, 1.82) is 0 Å². The van der Waals surface area contributed by atoms with Crippen LogP contribution in [0.2, 0.25) is 5.02 Å². The average molecular weight is 362 g/mol. The van der Waals surface area contributed by atoms with Gasteiger partial charge in [0.25, 0.3) is 10.0 Å². The molecule has 2 aromatic carbocycles. The molecule has 0 saturated carbocycles. The van der Waals surface area contributed by atoms with Gasteiger partial charge in [-0.3, -0.25) is 4.72 Å². The molecule has 0 aliphatic carbocycles. The summed E-state index contributed by atoms with van der Waals surface area (Å²) in [5.74, 6) is 0. The van der Waals surface area contributed by atoms with Crippen LogP contribution in [0.3, 0.4) is 0 Å². The highest BCUT2D eigenvalue weighted by Crippen LogP contribution is 2.27. The van der Waals surface area contributed by atoms with E-state index in [2.05, 4.69) is 20.7 Å². The first-order valence-corrected chi connectivity index (χ1v) is 7.87. The number of nitrogens with one attached hydrogen (secondary N) is 1. The highest BCUT2D eigenvalue weighted by Gasteiger charge is 2.14. The van der Waals surface area contributed by atoms with Crippen LogP contribution in [-0.4, -0.2) is 8.42 Å². The smallest absolute Gasteiger partial charge is 0.261 e. The van der Waals surface area contributed by atoms with Gasteiger partial charge < -0.3 is 5.73 Å². The molecule has 4 nitrogen and oxygen atoms in total. The van der Waals surface area contributed by atoms with Crippen LogP contribution in [0.15, 0.2) is 51.8 Å². The van der Waals surface area contributed by atoms with Crippen molar-refractivity contribution < 1.29 is 8.42 Å². The molecule has 19 heavy (non-hydrogen) atoms. The number of nitrogen functional groups attached to an aromatic ring is 1. The molecular formula is C12H10BrClN2O2S. The monoisotopic (exact) mass is 360 g/mol. The second-order valence-electron chi connectivity index (χ2n) is 3.80. The van der Waals surface area contributed by atoms with Crippen molar-refractivity contribution in [3.05, 3.63) is 52.0 Å². The fourth-order valence-electron chi connectivity index (χ4n) is 1.42. The quantitative estimate of drug-likeness (QED) is 0.822. The molecule has 0 unspecified atom stereocenters. The fourth-order valence-corrected chi connectivity index (χ4v) is 2.97. The Balaban J connectivity index is 2.30. The van der Waals surface area contributed by atoms with Gasteiger partial charge in [0, 0.05) is 10.2 Å². The van der Waals surface area contributed by atoms with Gasteiger partial charge >= 0.3 is 0 Å². The van der Waals surface area contributed by atoms with Crippen LogP contribution in [0.5, 0.6) is 0 Å². The number of anilines is 2. The summed E-state index contributed by atoms with van der Waals surface area (Å²) in [4.78, 5) is 0.146. The van der Waals surface area contributed by atoms with Gasteiger partial charge in [-0.1, -0.05) is 11.6 Å². The van der Waals surface area contributed by atoms with Gasteiger partial charge in [0.05, 0.1) is 15.6 Å². The van der Waals surface area contributed by atoms with Crippen molar-refractivity contribution >= 4 is 48.9 Å².